The summed E-state index contributed by atoms with van der Waals surface area (Å²) in [5, 5.41) is 8.93. The van der Waals surface area contributed by atoms with E-state index in [9.17, 15) is 9.59 Å². The highest BCUT2D eigenvalue weighted by Gasteiger charge is 2.36. The highest BCUT2D eigenvalue weighted by Crippen LogP contribution is 2.27. The number of amides is 1. The molecule has 0 aromatic carbocycles. The lowest BCUT2D eigenvalue weighted by Crippen LogP contribution is -2.52. The fourth-order valence-corrected chi connectivity index (χ4v) is 1.61. The third-order valence-electron chi connectivity index (χ3n) is 2.78. The lowest BCUT2D eigenvalue weighted by atomic mass is 9.91. The van der Waals surface area contributed by atoms with E-state index in [-0.39, 0.29) is 12.6 Å². The molecule has 0 aromatic heterocycles. The molecule has 90 valence electrons. The summed E-state index contributed by atoms with van der Waals surface area (Å²) in [5.74, 6) is -1.01. The van der Waals surface area contributed by atoms with Gasteiger partial charge in [-0.1, -0.05) is 12.7 Å². The maximum absolute atomic E-state index is 11.7. The van der Waals surface area contributed by atoms with Crippen molar-refractivity contribution in [2.24, 2.45) is 0 Å². The summed E-state index contributed by atoms with van der Waals surface area (Å²) in [7, 11) is 0. The molecule has 1 atom stereocenters. The molecular weight excluding hydrogens is 210 g/mol. The van der Waals surface area contributed by atoms with Crippen molar-refractivity contribution in [3.63, 3.8) is 0 Å². The van der Waals surface area contributed by atoms with Crippen LogP contribution in [0, 0.1) is 0 Å². The SMILES string of the molecule is C=CCOC(=O)N(C1CCC1)C(C)C(=O)O. The lowest BCUT2D eigenvalue weighted by molar-refractivity contribution is -0.143. The number of carboxylic acids is 1. The molecule has 5 heteroatoms. The van der Waals surface area contributed by atoms with Crippen LogP contribution in [0.25, 0.3) is 0 Å². The summed E-state index contributed by atoms with van der Waals surface area (Å²) in [6.45, 7) is 5.04. The smallest absolute Gasteiger partial charge is 0.411 e. The Kier molecular flexibility index (Phi) is 4.34. The van der Waals surface area contributed by atoms with Crippen molar-refractivity contribution in [2.75, 3.05) is 6.61 Å². The van der Waals surface area contributed by atoms with Gasteiger partial charge < -0.3 is 9.84 Å². The van der Waals surface area contributed by atoms with Gasteiger partial charge in [0, 0.05) is 6.04 Å². The molecule has 1 amide bonds. The number of carbonyl (C=O) groups excluding carboxylic acids is 1. The van der Waals surface area contributed by atoms with E-state index in [1.54, 1.807) is 0 Å². The fourth-order valence-electron chi connectivity index (χ4n) is 1.61. The molecule has 0 radical (unpaired) electrons. The molecule has 0 aliphatic heterocycles. The summed E-state index contributed by atoms with van der Waals surface area (Å²) in [6, 6.07) is -0.842. The third kappa shape index (κ3) is 2.74. The molecule has 0 aromatic rings. The normalized spacial score (nSPS) is 17.1. The Morgan fingerprint density at radius 2 is 2.25 bits per heavy atom. The number of ether oxygens (including phenoxy) is 1. The van der Waals surface area contributed by atoms with Crippen LogP contribution in [0.4, 0.5) is 4.79 Å². The molecule has 0 spiro atoms. The van der Waals surface area contributed by atoms with Crippen LogP contribution in [0.2, 0.25) is 0 Å². The zero-order valence-corrected chi connectivity index (χ0v) is 9.39. The van der Waals surface area contributed by atoms with Gasteiger partial charge in [0.1, 0.15) is 12.6 Å². The molecule has 0 saturated heterocycles. The van der Waals surface area contributed by atoms with Gasteiger partial charge in [-0.2, -0.15) is 0 Å². The van der Waals surface area contributed by atoms with Crippen LogP contribution in [-0.4, -0.2) is 40.8 Å². The van der Waals surface area contributed by atoms with E-state index in [1.807, 2.05) is 0 Å². The molecule has 1 aliphatic carbocycles. The van der Waals surface area contributed by atoms with Gasteiger partial charge in [0.15, 0.2) is 0 Å². The highest BCUT2D eigenvalue weighted by atomic mass is 16.6. The minimum absolute atomic E-state index is 0.00316. The Balaban J connectivity index is 2.65. The summed E-state index contributed by atoms with van der Waals surface area (Å²) in [4.78, 5) is 23.9. The van der Waals surface area contributed by atoms with Gasteiger partial charge in [0.2, 0.25) is 0 Å². The van der Waals surface area contributed by atoms with Gasteiger partial charge in [-0.15, -0.1) is 0 Å². The van der Waals surface area contributed by atoms with Crippen molar-refractivity contribution in [3.05, 3.63) is 12.7 Å². The van der Waals surface area contributed by atoms with Crippen LogP contribution in [0.1, 0.15) is 26.2 Å². The maximum Gasteiger partial charge on any atom is 0.411 e. The molecular formula is C11H17NO4. The largest absolute Gasteiger partial charge is 0.480 e. The molecule has 1 aliphatic rings. The van der Waals surface area contributed by atoms with Gasteiger partial charge in [0.05, 0.1) is 0 Å². The van der Waals surface area contributed by atoms with Gasteiger partial charge in [-0.3, -0.25) is 4.90 Å². The summed E-state index contributed by atoms with van der Waals surface area (Å²) in [5.41, 5.74) is 0. The minimum Gasteiger partial charge on any atom is -0.480 e. The van der Waals surface area contributed by atoms with Crippen LogP contribution >= 0.6 is 0 Å². The monoisotopic (exact) mass is 227 g/mol. The molecule has 16 heavy (non-hydrogen) atoms. The zero-order chi connectivity index (χ0) is 12.1. The lowest BCUT2D eigenvalue weighted by Gasteiger charge is -2.38. The average molecular weight is 227 g/mol. The van der Waals surface area contributed by atoms with Crippen LogP contribution in [0.15, 0.2) is 12.7 Å². The standard InChI is InChI=1S/C11H17NO4/c1-3-7-16-11(15)12(8(2)10(13)14)9-5-4-6-9/h3,8-9H,1,4-7H2,2H3,(H,13,14). The number of carboxylic acid groups (broad SMARTS) is 1. The van der Waals surface area contributed by atoms with Crippen molar-refractivity contribution in [1.82, 2.24) is 4.90 Å². The Labute approximate surface area is 94.7 Å². The van der Waals surface area contributed by atoms with E-state index in [2.05, 4.69) is 6.58 Å². The van der Waals surface area contributed by atoms with Crippen molar-refractivity contribution >= 4 is 12.1 Å². The van der Waals surface area contributed by atoms with E-state index >= 15 is 0 Å². The van der Waals surface area contributed by atoms with E-state index in [0.717, 1.165) is 19.3 Å². The molecule has 1 fully saturated rings. The van der Waals surface area contributed by atoms with E-state index < -0.39 is 18.1 Å². The molecule has 0 bridgehead atoms. The zero-order valence-electron chi connectivity index (χ0n) is 9.39. The number of nitrogens with zero attached hydrogens (tertiary/aromatic N) is 1. The van der Waals surface area contributed by atoms with Crippen LogP contribution in [0.3, 0.4) is 0 Å². The molecule has 1 rings (SSSR count). The fraction of sp³-hybridized carbons (Fsp3) is 0.636. The summed E-state index contributed by atoms with van der Waals surface area (Å²) < 4.78 is 4.89. The highest BCUT2D eigenvalue weighted by molar-refractivity contribution is 5.80. The Morgan fingerprint density at radius 3 is 2.62 bits per heavy atom. The molecule has 1 saturated carbocycles. The van der Waals surface area contributed by atoms with Crippen LogP contribution < -0.4 is 0 Å². The van der Waals surface area contributed by atoms with Gasteiger partial charge in [0.25, 0.3) is 0 Å². The Bertz CT molecular complexity index is 286. The quantitative estimate of drug-likeness (QED) is 0.725. The molecule has 1 unspecified atom stereocenters. The van der Waals surface area contributed by atoms with Crippen molar-refractivity contribution in [1.29, 1.82) is 0 Å². The second kappa shape index (κ2) is 5.53. The molecule has 5 nitrogen and oxygen atoms in total. The number of hydrogen-bond donors (Lipinski definition) is 1. The van der Waals surface area contributed by atoms with E-state index in [4.69, 9.17) is 9.84 Å². The van der Waals surface area contributed by atoms with Crippen molar-refractivity contribution in [2.45, 2.75) is 38.3 Å². The van der Waals surface area contributed by atoms with Crippen molar-refractivity contribution < 1.29 is 19.4 Å². The molecule has 0 heterocycles. The van der Waals surface area contributed by atoms with Crippen molar-refractivity contribution in [3.8, 4) is 0 Å². The topological polar surface area (TPSA) is 66.8 Å². The first-order chi connectivity index (χ1) is 7.57. The minimum atomic E-state index is -1.01. The van der Waals surface area contributed by atoms with Crippen LogP contribution in [-0.2, 0) is 9.53 Å². The summed E-state index contributed by atoms with van der Waals surface area (Å²) >= 11 is 0. The van der Waals surface area contributed by atoms with Gasteiger partial charge in [-0.05, 0) is 26.2 Å². The number of hydrogen-bond acceptors (Lipinski definition) is 3. The Morgan fingerprint density at radius 1 is 1.62 bits per heavy atom. The first-order valence-electron chi connectivity index (χ1n) is 5.36. The van der Waals surface area contributed by atoms with Gasteiger partial charge >= 0.3 is 12.1 Å². The van der Waals surface area contributed by atoms with Crippen LogP contribution in [0.5, 0.6) is 0 Å². The second-order valence-corrected chi connectivity index (χ2v) is 3.87. The Hall–Kier alpha value is -1.52. The predicted molar refractivity (Wildman–Crippen MR) is 58.1 cm³/mol. The first kappa shape index (κ1) is 12.5. The number of rotatable bonds is 5. The second-order valence-electron chi connectivity index (χ2n) is 3.87. The third-order valence-corrected chi connectivity index (χ3v) is 2.78. The maximum atomic E-state index is 11.7. The predicted octanol–water partition coefficient (Wildman–Crippen LogP) is 1.64. The van der Waals surface area contributed by atoms with E-state index in [1.165, 1.54) is 17.9 Å². The first-order valence-corrected chi connectivity index (χ1v) is 5.36. The number of carbonyl (C=O) groups is 2. The average Bonchev–Trinajstić information content (AvgIpc) is 2.18. The molecule has 1 N–H and O–H groups in total. The number of aliphatic carboxylic acids is 1. The van der Waals surface area contributed by atoms with E-state index in [0.29, 0.717) is 0 Å². The summed E-state index contributed by atoms with van der Waals surface area (Å²) in [6.07, 6.45) is 3.62. The van der Waals surface area contributed by atoms with Gasteiger partial charge in [-0.25, -0.2) is 9.59 Å².